The van der Waals surface area contributed by atoms with Gasteiger partial charge < -0.3 is 0 Å². The quantitative estimate of drug-likeness (QED) is 0.222. The van der Waals surface area contributed by atoms with E-state index in [2.05, 4.69) is 126 Å². The van der Waals surface area contributed by atoms with Crippen LogP contribution in [0.1, 0.15) is 22.3 Å². The third kappa shape index (κ3) is 2.57. The van der Waals surface area contributed by atoms with Gasteiger partial charge in [-0.25, -0.2) is 9.97 Å². The molecule has 3 aromatic heterocycles. The summed E-state index contributed by atoms with van der Waals surface area (Å²) in [5.41, 5.74) is 13.4. The van der Waals surface area contributed by atoms with Crippen molar-refractivity contribution in [2.75, 3.05) is 0 Å². The van der Waals surface area contributed by atoms with Gasteiger partial charge >= 0.3 is 0 Å². The van der Waals surface area contributed by atoms with E-state index in [1.807, 2.05) is 18.2 Å². The zero-order valence-electron chi connectivity index (χ0n) is 22.6. The predicted molar refractivity (Wildman–Crippen MR) is 172 cm³/mol. The van der Waals surface area contributed by atoms with Crippen molar-refractivity contribution in [2.45, 2.75) is 5.41 Å². The van der Waals surface area contributed by atoms with Gasteiger partial charge in [-0.05, 0) is 57.6 Å². The summed E-state index contributed by atoms with van der Waals surface area (Å²) in [7, 11) is 0. The first-order valence-corrected chi connectivity index (χ1v) is 14.4. The van der Waals surface area contributed by atoms with Gasteiger partial charge in [-0.15, -0.1) is 0 Å². The molecule has 194 valence electrons. The molecule has 0 atom stereocenters. The second-order valence-corrected chi connectivity index (χ2v) is 11.4. The molecular weight excluding hydrogens is 510 g/mol. The van der Waals surface area contributed by atoms with Gasteiger partial charge in [0.2, 0.25) is 0 Å². The van der Waals surface area contributed by atoms with Crippen molar-refractivity contribution in [1.82, 2.24) is 14.4 Å². The van der Waals surface area contributed by atoms with E-state index >= 15 is 0 Å². The molecule has 6 aromatic carbocycles. The number of benzene rings is 6. The number of nitrogens with zero attached hydrogens (tertiary/aromatic N) is 3. The van der Waals surface area contributed by atoms with Crippen LogP contribution in [0.25, 0.3) is 60.5 Å². The van der Waals surface area contributed by atoms with Gasteiger partial charge in [-0.1, -0.05) is 115 Å². The van der Waals surface area contributed by atoms with Crippen molar-refractivity contribution in [3.05, 3.63) is 162 Å². The zero-order chi connectivity index (χ0) is 27.4. The fraction of sp³-hybridized carbons (Fsp3) is 0.0256. The fourth-order valence-electron chi connectivity index (χ4n) is 7.74. The summed E-state index contributed by atoms with van der Waals surface area (Å²) in [5.74, 6) is 0. The first kappa shape index (κ1) is 22.2. The molecule has 10 rings (SSSR count). The summed E-state index contributed by atoms with van der Waals surface area (Å²) in [4.78, 5) is 10.3. The number of rotatable bonds is 2. The molecule has 1 aliphatic carbocycles. The van der Waals surface area contributed by atoms with Crippen molar-refractivity contribution in [1.29, 1.82) is 0 Å². The molecule has 9 aromatic rings. The Morgan fingerprint density at radius 2 is 1.12 bits per heavy atom. The van der Waals surface area contributed by atoms with Crippen LogP contribution in [0.3, 0.4) is 0 Å². The molecular formula is C39H23N3. The van der Waals surface area contributed by atoms with Crippen molar-refractivity contribution < 1.29 is 0 Å². The maximum absolute atomic E-state index is 5.20. The molecule has 3 nitrogen and oxygen atoms in total. The minimum Gasteiger partial charge on any atom is -0.291 e. The molecule has 0 spiro atoms. The van der Waals surface area contributed by atoms with Gasteiger partial charge in [0.1, 0.15) is 5.52 Å². The second kappa shape index (κ2) is 7.80. The maximum Gasteiger partial charge on any atom is 0.165 e. The number of fused-ring (bicyclic) bond motifs is 10. The lowest BCUT2D eigenvalue weighted by molar-refractivity contribution is 0.769. The third-order valence-corrected chi connectivity index (χ3v) is 9.38. The Hall–Kier alpha value is -5.54. The standard InChI is InChI=1S/C39H23N3/c1-3-12-24(13-4-1)39(25-14-5-2-6-15-25)31-19-8-7-16-26(31)29-22-30-27-17-11-18-28-36-38(41-34-21-10-9-20-33(34)40-36)42(37(27)28)35(30)23-32(29)39/h1-23H. The Bertz CT molecular complexity index is 2470. The highest BCUT2D eigenvalue weighted by atomic mass is 15.0. The topological polar surface area (TPSA) is 30.2 Å². The van der Waals surface area contributed by atoms with Gasteiger partial charge in [0, 0.05) is 16.2 Å². The lowest BCUT2D eigenvalue weighted by Gasteiger charge is -2.33. The van der Waals surface area contributed by atoms with Crippen LogP contribution in [0.4, 0.5) is 0 Å². The molecule has 0 amide bonds. The van der Waals surface area contributed by atoms with Gasteiger partial charge in [-0.3, -0.25) is 4.40 Å². The lowest BCUT2D eigenvalue weighted by Crippen LogP contribution is -2.28. The maximum atomic E-state index is 5.20. The normalized spacial score (nSPS) is 13.9. The molecule has 3 heteroatoms. The molecule has 0 fully saturated rings. The molecule has 0 bridgehead atoms. The Kier molecular flexibility index (Phi) is 4.12. The van der Waals surface area contributed by atoms with Crippen LogP contribution >= 0.6 is 0 Å². The van der Waals surface area contributed by atoms with Gasteiger partial charge in [0.25, 0.3) is 0 Å². The smallest absolute Gasteiger partial charge is 0.165 e. The van der Waals surface area contributed by atoms with E-state index in [4.69, 9.17) is 9.97 Å². The molecule has 1 aliphatic rings. The van der Waals surface area contributed by atoms with E-state index in [-0.39, 0.29) is 0 Å². The second-order valence-electron chi connectivity index (χ2n) is 11.4. The molecule has 3 heterocycles. The fourth-order valence-corrected chi connectivity index (χ4v) is 7.74. The Balaban J connectivity index is 1.43. The molecule has 0 N–H and O–H groups in total. The molecule has 0 saturated carbocycles. The van der Waals surface area contributed by atoms with Gasteiger partial charge in [-0.2, -0.15) is 0 Å². The van der Waals surface area contributed by atoms with Crippen molar-refractivity contribution in [3.63, 3.8) is 0 Å². The van der Waals surface area contributed by atoms with E-state index in [9.17, 15) is 0 Å². The third-order valence-electron chi connectivity index (χ3n) is 9.38. The van der Waals surface area contributed by atoms with Gasteiger partial charge in [0.05, 0.1) is 27.5 Å². The van der Waals surface area contributed by atoms with Crippen LogP contribution in [0.5, 0.6) is 0 Å². The van der Waals surface area contributed by atoms with E-state index < -0.39 is 5.41 Å². The van der Waals surface area contributed by atoms with Crippen LogP contribution in [-0.2, 0) is 5.41 Å². The van der Waals surface area contributed by atoms with Crippen LogP contribution in [0.2, 0.25) is 0 Å². The molecule has 42 heavy (non-hydrogen) atoms. The summed E-state index contributed by atoms with van der Waals surface area (Å²) in [5, 5.41) is 3.64. The lowest BCUT2D eigenvalue weighted by atomic mass is 9.67. The molecule has 0 saturated heterocycles. The summed E-state index contributed by atoms with van der Waals surface area (Å²) >= 11 is 0. The van der Waals surface area contributed by atoms with E-state index in [1.54, 1.807) is 0 Å². The number of aromatic nitrogens is 3. The summed E-state index contributed by atoms with van der Waals surface area (Å²) in [6, 6.07) is 50.6. The van der Waals surface area contributed by atoms with Crippen molar-refractivity contribution >= 4 is 49.4 Å². The first-order valence-electron chi connectivity index (χ1n) is 14.4. The van der Waals surface area contributed by atoms with Crippen LogP contribution in [-0.4, -0.2) is 14.4 Å². The van der Waals surface area contributed by atoms with E-state index in [1.165, 1.54) is 55.2 Å². The van der Waals surface area contributed by atoms with Crippen LogP contribution in [0, 0.1) is 0 Å². The highest BCUT2D eigenvalue weighted by molar-refractivity contribution is 6.23. The average Bonchev–Trinajstić information content (AvgIpc) is 3.66. The minimum atomic E-state index is -0.446. The van der Waals surface area contributed by atoms with E-state index in [0.717, 1.165) is 27.6 Å². The monoisotopic (exact) mass is 533 g/mol. The van der Waals surface area contributed by atoms with Crippen LogP contribution in [0.15, 0.2) is 140 Å². The van der Waals surface area contributed by atoms with Crippen molar-refractivity contribution in [3.8, 4) is 11.1 Å². The molecule has 0 unspecified atom stereocenters. The van der Waals surface area contributed by atoms with Crippen LogP contribution < -0.4 is 0 Å². The molecule has 0 aliphatic heterocycles. The molecule has 0 radical (unpaired) electrons. The number of hydrogen-bond donors (Lipinski definition) is 0. The largest absolute Gasteiger partial charge is 0.291 e. The zero-order valence-corrected chi connectivity index (χ0v) is 22.6. The predicted octanol–water partition coefficient (Wildman–Crippen LogP) is 9.14. The highest BCUT2D eigenvalue weighted by Crippen LogP contribution is 2.57. The Morgan fingerprint density at radius 1 is 0.476 bits per heavy atom. The van der Waals surface area contributed by atoms with Gasteiger partial charge in [0.15, 0.2) is 5.65 Å². The average molecular weight is 534 g/mol. The summed E-state index contributed by atoms with van der Waals surface area (Å²) in [6.07, 6.45) is 0. The summed E-state index contributed by atoms with van der Waals surface area (Å²) in [6.45, 7) is 0. The van der Waals surface area contributed by atoms with E-state index in [0.29, 0.717) is 0 Å². The SMILES string of the molecule is c1ccc(C2(c3ccccc3)c3ccccc3-c3cc4c5cccc6c7nc8ccccc8nc7n(c4cc32)c56)cc1. The first-order chi connectivity index (χ1) is 20.8. The number of hydrogen-bond acceptors (Lipinski definition) is 2. The highest BCUT2D eigenvalue weighted by Gasteiger charge is 2.46. The minimum absolute atomic E-state index is 0.446. The Morgan fingerprint density at radius 3 is 1.88 bits per heavy atom. The van der Waals surface area contributed by atoms with Crippen molar-refractivity contribution in [2.24, 2.45) is 0 Å². The summed E-state index contributed by atoms with van der Waals surface area (Å²) < 4.78 is 2.36. The number of para-hydroxylation sites is 3. The Labute approximate surface area is 241 Å².